The van der Waals surface area contributed by atoms with Gasteiger partial charge in [-0.3, -0.25) is 5.10 Å². The second kappa shape index (κ2) is 5.46. The van der Waals surface area contributed by atoms with Crippen molar-refractivity contribution in [2.75, 3.05) is 0 Å². The van der Waals surface area contributed by atoms with E-state index in [1.54, 1.807) is 6.92 Å². The van der Waals surface area contributed by atoms with Crippen LogP contribution in [0.15, 0.2) is 4.90 Å². The number of rotatable bonds is 4. The molecule has 1 saturated carbocycles. The summed E-state index contributed by atoms with van der Waals surface area (Å²) in [7, 11) is -3.63. The molecule has 1 aliphatic carbocycles. The smallest absolute Gasteiger partial charge is 0.244 e. The number of aryl methyl sites for hydroxylation is 1. The van der Waals surface area contributed by atoms with E-state index in [2.05, 4.69) is 28.8 Å². The molecule has 0 unspecified atom stereocenters. The summed E-state index contributed by atoms with van der Waals surface area (Å²) >= 11 is 0. The SMILES string of the molecule is Cc1[nH]nc(CO)c1S(=O)(=O)NC1CCC(C)(C)CC1. The fourth-order valence-electron chi connectivity index (χ4n) is 2.73. The molecule has 1 aliphatic rings. The van der Waals surface area contributed by atoms with Crippen LogP contribution in [0.1, 0.15) is 50.9 Å². The number of aromatic nitrogens is 2. The highest BCUT2D eigenvalue weighted by Gasteiger charge is 2.31. The van der Waals surface area contributed by atoms with Crippen LogP contribution in [-0.2, 0) is 16.6 Å². The van der Waals surface area contributed by atoms with Crippen molar-refractivity contribution in [2.24, 2.45) is 5.41 Å². The molecule has 3 N–H and O–H groups in total. The zero-order chi connectivity index (χ0) is 15.0. The molecule has 1 aromatic rings. The summed E-state index contributed by atoms with van der Waals surface area (Å²) in [5.74, 6) is 0. The van der Waals surface area contributed by atoms with Crippen molar-refractivity contribution in [3.8, 4) is 0 Å². The molecule has 0 radical (unpaired) electrons. The second-order valence-corrected chi connectivity index (χ2v) is 7.99. The standard InChI is InChI=1S/C13H23N3O3S/c1-9-12(11(8-17)15-14-9)20(18,19)16-10-4-6-13(2,3)7-5-10/h10,16-17H,4-8H2,1-3H3,(H,14,15). The van der Waals surface area contributed by atoms with E-state index >= 15 is 0 Å². The molecule has 0 aromatic carbocycles. The Kier molecular flexibility index (Phi) is 4.22. The van der Waals surface area contributed by atoms with E-state index in [1.165, 1.54) is 0 Å². The van der Waals surface area contributed by atoms with Crippen molar-refractivity contribution in [3.05, 3.63) is 11.4 Å². The van der Waals surface area contributed by atoms with Gasteiger partial charge < -0.3 is 5.11 Å². The van der Waals surface area contributed by atoms with Crippen molar-refractivity contribution >= 4 is 10.0 Å². The third kappa shape index (κ3) is 3.21. The number of nitrogens with zero attached hydrogens (tertiary/aromatic N) is 1. The van der Waals surface area contributed by atoms with Gasteiger partial charge in [-0.2, -0.15) is 5.10 Å². The molecule has 20 heavy (non-hydrogen) atoms. The number of aliphatic hydroxyl groups excluding tert-OH is 1. The van der Waals surface area contributed by atoms with Crippen molar-refractivity contribution < 1.29 is 13.5 Å². The Morgan fingerprint density at radius 2 is 2.00 bits per heavy atom. The minimum Gasteiger partial charge on any atom is -0.390 e. The van der Waals surface area contributed by atoms with Crippen LogP contribution >= 0.6 is 0 Å². The van der Waals surface area contributed by atoms with Crippen LogP contribution in [0.5, 0.6) is 0 Å². The molecule has 0 atom stereocenters. The van der Waals surface area contributed by atoms with Gasteiger partial charge in [0.1, 0.15) is 10.6 Å². The largest absolute Gasteiger partial charge is 0.390 e. The van der Waals surface area contributed by atoms with Crippen LogP contribution in [0.4, 0.5) is 0 Å². The lowest BCUT2D eigenvalue weighted by Crippen LogP contribution is -2.39. The number of nitrogens with one attached hydrogen (secondary N) is 2. The van der Waals surface area contributed by atoms with Crippen molar-refractivity contribution in [2.45, 2.75) is 64.0 Å². The number of H-pyrrole nitrogens is 1. The predicted molar refractivity (Wildman–Crippen MR) is 75.6 cm³/mol. The van der Waals surface area contributed by atoms with Gasteiger partial charge in [-0.05, 0) is 38.0 Å². The lowest BCUT2D eigenvalue weighted by Gasteiger charge is -2.34. The number of hydrogen-bond donors (Lipinski definition) is 3. The summed E-state index contributed by atoms with van der Waals surface area (Å²) in [6, 6.07) is -0.0335. The molecule has 114 valence electrons. The van der Waals surface area contributed by atoms with E-state index in [-0.39, 0.29) is 16.6 Å². The number of sulfonamides is 1. The highest BCUT2D eigenvalue weighted by atomic mass is 32.2. The molecule has 1 fully saturated rings. The van der Waals surface area contributed by atoms with Crippen LogP contribution in [0.3, 0.4) is 0 Å². The fraction of sp³-hybridized carbons (Fsp3) is 0.769. The molecule has 0 aliphatic heterocycles. The minimum atomic E-state index is -3.63. The molecular formula is C13H23N3O3S. The van der Waals surface area contributed by atoms with Crippen molar-refractivity contribution in [3.63, 3.8) is 0 Å². The number of aliphatic hydroxyl groups is 1. The Morgan fingerprint density at radius 3 is 2.55 bits per heavy atom. The quantitative estimate of drug-likeness (QED) is 0.784. The first-order valence-electron chi connectivity index (χ1n) is 6.92. The normalized spacial score (nSPS) is 20.2. The second-order valence-electron chi connectivity index (χ2n) is 6.34. The van der Waals surface area contributed by atoms with E-state index in [0.29, 0.717) is 11.1 Å². The maximum atomic E-state index is 12.4. The van der Waals surface area contributed by atoms with Crippen LogP contribution in [0, 0.1) is 12.3 Å². The molecule has 0 spiro atoms. The maximum absolute atomic E-state index is 12.4. The van der Waals surface area contributed by atoms with E-state index in [9.17, 15) is 13.5 Å². The zero-order valence-electron chi connectivity index (χ0n) is 12.2. The van der Waals surface area contributed by atoms with Gasteiger partial charge in [0.05, 0.1) is 12.3 Å². The van der Waals surface area contributed by atoms with Gasteiger partial charge in [-0.15, -0.1) is 0 Å². The maximum Gasteiger partial charge on any atom is 0.244 e. The Hall–Kier alpha value is -0.920. The average molecular weight is 301 g/mol. The van der Waals surface area contributed by atoms with Gasteiger partial charge in [-0.25, -0.2) is 13.1 Å². The lowest BCUT2D eigenvalue weighted by atomic mass is 9.76. The summed E-state index contributed by atoms with van der Waals surface area (Å²) < 4.78 is 27.6. The first kappa shape index (κ1) is 15.5. The van der Waals surface area contributed by atoms with Gasteiger partial charge in [-0.1, -0.05) is 13.8 Å². The first-order valence-corrected chi connectivity index (χ1v) is 8.40. The van der Waals surface area contributed by atoms with E-state index in [1.807, 2.05) is 0 Å². The third-order valence-corrected chi connectivity index (χ3v) is 5.76. The van der Waals surface area contributed by atoms with Crippen molar-refractivity contribution in [1.82, 2.24) is 14.9 Å². The molecular weight excluding hydrogens is 278 g/mol. The van der Waals surface area contributed by atoms with Gasteiger partial charge >= 0.3 is 0 Å². The van der Waals surface area contributed by atoms with Crippen LogP contribution < -0.4 is 4.72 Å². The Labute approximate surface area is 120 Å². The van der Waals surface area contributed by atoms with Crippen molar-refractivity contribution in [1.29, 1.82) is 0 Å². The number of aromatic amines is 1. The van der Waals surface area contributed by atoms with Crippen LogP contribution in [0.2, 0.25) is 0 Å². The molecule has 0 amide bonds. The molecule has 1 aromatic heterocycles. The molecule has 6 nitrogen and oxygen atoms in total. The lowest BCUT2D eigenvalue weighted by molar-refractivity contribution is 0.218. The highest BCUT2D eigenvalue weighted by molar-refractivity contribution is 7.89. The Balaban J connectivity index is 2.14. The van der Waals surface area contributed by atoms with E-state index in [0.717, 1.165) is 25.7 Å². The summed E-state index contributed by atoms with van der Waals surface area (Å²) in [5, 5.41) is 15.6. The monoisotopic (exact) mass is 301 g/mol. The average Bonchev–Trinajstić information content (AvgIpc) is 2.74. The fourth-order valence-corrected chi connectivity index (χ4v) is 4.39. The Bertz CT molecular complexity index is 568. The van der Waals surface area contributed by atoms with Gasteiger partial charge in [0, 0.05) is 6.04 Å². The molecule has 0 saturated heterocycles. The predicted octanol–water partition coefficient (Wildman–Crippen LogP) is 1.46. The number of hydrogen-bond acceptors (Lipinski definition) is 4. The summed E-state index contributed by atoms with van der Waals surface area (Å²) in [6.07, 6.45) is 3.71. The topological polar surface area (TPSA) is 95.1 Å². The zero-order valence-corrected chi connectivity index (χ0v) is 13.0. The first-order chi connectivity index (χ1) is 9.25. The third-order valence-electron chi connectivity index (χ3n) is 4.04. The summed E-state index contributed by atoms with van der Waals surface area (Å²) in [6.45, 7) is 5.67. The van der Waals surface area contributed by atoms with Gasteiger partial charge in [0.2, 0.25) is 10.0 Å². The summed E-state index contributed by atoms with van der Waals surface area (Å²) in [4.78, 5) is 0.0878. The van der Waals surface area contributed by atoms with Crippen LogP contribution in [0.25, 0.3) is 0 Å². The summed E-state index contributed by atoms with van der Waals surface area (Å²) in [5.41, 5.74) is 0.924. The highest BCUT2D eigenvalue weighted by Crippen LogP contribution is 2.35. The van der Waals surface area contributed by atoms with Gasteiger partial charge in [0.15, 0.2) is 0 Å². The molecule has 1 heterocycles. The molecule has 0 bridgehead atoms. The van der Waals surface area contributed by atoms with E-state index in [4.69, 9.17) is 0 Å². The molecule has 7 heteroatoms. The Morgan fingerprint density at radius 1 is 1.40 bits per heavy atom. The molecule has 2 rings (SSSR count). The van der Waals surface area contributed by atoms with Gasteiger partial charge in [0.25, 0.3) is 0 Å². The van der Waals surface area contributed by atoms with E-state index < -0.39 is 16.6 Å². The van der Waals surface area contributed by atoms with Crippen LogP contribution in [-0.4, -0.2) is 29.8 Å². The minimum absolute atomic E-state index is 0.0335.